The quantitative estimate of drug-likeness (QED) is 0.848. The Labute approximate surface area is 115 Å². The number of rotatable bonds is 2. The molecule has 6 heteroatoms. The van der Waals surface area contributed by atoms with E-state index in [1.54, 1.807) is 10.7 Å². The van der Waals surface area contributed by atoms with Crippen molar-refractivity contribution in [3.63, 3.8) is 0 Å². The topological polar surface area (TPSA) is 39.9 Å². The predicted molar refractivity (Wildman–Crippen MR) is 68.9 cm³/mol. The summed E-state index contributed by atoms with van der Waals surface area (Å²) in [5.74, 6) is 0.295. The Morgan fingerprint density at radius 1 is 1.37 bits per heavy atom. The molecule has 4 nitrogen and oxygen atoms in total. The van der Waals surface area contributed by atoms with Crippen LogP contribution in [-0.4, -0.2) is 21.4 Å². The van der Waals surface area contributed by atoms with Crippen LogP contribution >= 0.6 is 11.6 Å². The lowest BCUT2D eigenvalue weighted by atomic mass is 10.1. The fraction of sp³-hybridized carbons (Fsp3) is 0.385. The molecule has 1 atom stereocenters. The zero-order valence-electron chi connectivity index (χ0n) is 10.2. The Balaban J connectivity index is 1.96. The largest absolute Gasteiger partial charge is 0.370 e. The van der Waals surface area contributed by atoms with Crippen molar-refractivity contribution >= 4 is 11.6 Å². The molecular formula is C13H13ClFN3O. The fourth-order valence-electron chi connectivity index (χ4n) is 2.23. The van der Waals surface area contributed by atoms with Crippen LogP contribution in [0.1, 0.15) is 31.2 Å². The molecule has 100 valence electrons. The first-order valence-electron chi connectivity index (χ1n) is 6.22. The van der Waals surface area contributed by atoms with E-state index in [1.165, 1.54) is 18.5 Å². The second-order valence-electron chi connectivity index (χ2n) is 4.48. The van der Waals surface area contributed by atoms with Crippen molar-refractivity contribution in [3.05, 3.63) is 41.2 Å². The molecule has 0 aliphatic carbocycles. The van der Waals surface area contributed by atoms with Crippen molar-refractivity contribution in [2.75, 3.05) is 6.61 Å². The van der Waals surface area contributed by atoms with Gasteiger partial charge in [-0.25, -0.2) is 14.1 Å². The Kier molecular flexibility index (Phi) is 3.48. The molecule has 1 fully saturated rings. The van der Waals surface area contributed by atoms with Gasteiger partial charge in [0.1, 0.15) is 18.2 Å². The van der Waals surface area contributed by atoms with Gasteiger partial charge >= 0.3 is 0 Å². The van der Waals surface area contributed by atoms with Crippen LogP contribution in [0.2, 0.25) is 5.02 Å². The molecule has 0 spiro atoms. The first-order chi connectivity index (χ1) is 9.25. The van der Waals surface area contributed by atoms with Gasteiger partial charge in [-0.2, -0.15) is 5.10 Å². The summed E-state index contributed by atoms with van der Waals surface area (Å²) in [4.78, 5) is 4.26. The molecule has 1 aromatic carbocycles. The molecule has 0 amide bonds. The van der Waals surface area contributed by atoms with E-state index >= 15 is 0 Å². The summed E-state index contributed by atoms with van der Waals surface area (Å²) in [5, 5.41) is 4.25. The van der Waals surface area contributed by atoms with Crippen molar-refractivity contribution in [2.24, 2.45) is 0 Å². The molecule has 2 aromatic rings. The van der Waals surface area contributed by atoms with Crippen LogP contribution in [0.3, 0.4) is 0 Å². The third kappa shape index (κ3) is 2.48. The maximum atomic E-state index is 13.2. The van der Waals surface area contributed by atoms with Crippen LogP contribution in [-0.2, 0) is 4.74 Å². The van der Waals surface area contributed by atoms with Crippen LogP contribution in [0.15, 0.2) is 24.5 Å². The maximum absolute atomic E-state index is 13.2. The van der Waals surface area contributed by atoms with Gasteiger partial charge in [0, 0.05) is 6.61 Å². The molecule has 0 N–H and O–H groups in total. The normalized spacial score (nSPS) is 19.6. The van der Waals surface area contributed by atoms with Gasteiger partial charge in [0.15, 0.2) is 5.82 Å². The zero-order chi connectivity index (χ0) is 13.2. The average molecular weight is 282 g/mol. The highest BCUT2D eigenvalue weighted by Crippen LogP contribution is 2.28. The van der Waals surface area contributed by atoms with Crippen LogP contribution in [0.5, 0.6) is 0 Å². The van der Waals surface area contributed by atoms with Gasteiger partial charge in [-0.1, -0.05) is 11.6 Å². The summed E-state index contributed by atoms with van der Waals surface area (Å²) in [6.07, 6.45) is 4.53. The standard InChI is InChI=1S/C13H13ClFN3O/c14-10-7-9(4-5-11(10)15)18-13(16-8-17-18)12-3-1-2-6-19-12/h4-5,7-8,12H,1-3,6H2/t12-/m1/s1. The van der Waals surface area contributed by atoms with E-state index < -0.39 is 5.82 Å². The highest BCUT2D eigenvalue weighted by atomic mass is 35.5. The van der Waals surface area contributed by atoms with Crippen LogP contribution in [0, 0.1) is 5.82 Å². The zero-order valence-corrected chi connectivity index (χ0v) is 11.0. The summed E-state index contributed by atoms with van der Waals surface area (Å²) in [5.41, 5.74) is 0.688. The molecular weight excluding hydrogens is 269 g/mol. The maximum Gasteiger partial charge on any atom is 0.161 e. The third-order valence-electron chi connectivity index (χ3n) is 3.19. The SMILES string of the molecule is Fc1ccc(-n2ncnc2[C@H]2CCCCO2)cc1Cl. The Morgan fingerprint density at radius 2 is 2.26 bits per heavy atom. The minimum absolute atomic E-state index is 0.0555. The second kappa shape index (κ2) is 5.27. The average Bonchev–Trinajstić information content (AvgIpc) is 2.92. The van der Waals surface area contributed by atoms with Crippen molar-refractivity contribution in [3.8, 4) is 5.69 Å². The van der Waals surface area contributed by atoms with Gasteiger partial charge in [0.05, 0.1) is 10.7 Å². The smallest absolute Gasteiger partial charge is 0.161 e. The van der Waals surface area contributed by atoms with E-state index in [0.717, 1.165) is 31.7 Å². The number of ether oxygens (including phenoxy) is 1. The molecule has 0 unspecified atom stereocenters. The number of aromatic nitrogens is 3. The van der Waals surface area contributed by atoms with E-state index in [-0.39, 0.29) is 11.1 Å². The van der Waals surface area contributed by atoms with Gasteiger partial charge in [-0.15, -0.1) is 0 Å². The van der Waals surface area contributed by atoms with Gasteiger partial charge in [0.2, 0.25) is 0 Å². The lowest BCUT2D eigenvalue weighted by molar-refractivity contribution is 0.00820. The molecule has 2 heterocycles. The molecule has 0 radical (unpaired) electrons. The van der Waals surface area contributed by atoms with Crippen molar-refractivity contribution in [1.29, 1.82) is 0 Å². The number of benzene rings is 1. The lowest BCUT2D eigenvalue weighted by Crippen LogP contribution is -2.16. The van der Waals surface area contributed by atoms with Crippen molar-refractivity contribution < 1.29 is 9.13 Å². The van der Waals surface area contributed by atoms with Gasteiger partial charge in [0.25, 0.3) is 0 Å². The fourth-order valence-corrected chi connectivity index (χ4v) is 2.40. The van der Waals surface area contributed by atoms with Crippen molar-refractivity contribution in [2.45, 2.75) is 25.4 Å². The van der Waals surface area contributed by atoms with Gasteiger partial charge in [-0.3, -0.25) is 0 Å². The van der Waals surface area contributed by atoms with E-state index in [2.05, 4.69) is 10.1 Å². The number of hydrogen-bond donors (Lipinski definition) is 0. The van der Waals surface area contributed by atoms with Crippen molar-refractivity contribution in [1.82, 2.24) is 14.8 Å². The lowest BCUT2D eigenvalue weighted by Gasteiger charge is -2.22. The van der Waals surface area contributed by atoms with Crippen LogP contribution in [0.4, 0.5) is 4.39 Å². The Bertz CT molecular complexity index is 581. The molecule has 0 bridgehead atoms. The molecule has 1 saturated heterocycles. The summed E-state index contributed by atoms with van der Waals surface area (Å²) in [6.45, 7) is 0.738. The van der Waals surface area contributed by atoms with E-state index in [0.29, 0.717) is 5.69 Å². The molecule has 1 aliphatic heterocycles. The Hall–Kier alpha value is -1.46. The van der Waals surface area contributed by atoms with Crippen LogP contribution in [0.25, 0.3) is 5.69 Å². The Morgan fingerprint density at radius 3 is 3.00 bits per heavy atom. The number of hydrogen-bond acceptors (Lipinski definition) is 3. The minimum atomic E-state index is -0.444. The molecule has 19 heavy (non-hydrogen) atoms. The summed E-state index contributed by atoms with van der Waals surface area (Å²) in [7, 11) is 0. The summed E-state index contributed by atoms with van der Waals surface area (Å²) >= 11 is 5.80. The second-order valence-corrected chi connectivity index (χ2v) is 4.89. The number of halogens is 2. The summed E-state index contributed by atoms with van der Waals surface area (Å²) < 4.78 is 20.6. The van der Waals surface area contributed by atoms with E-state index in [4.69, 9.17) is 16.3 Å². The molecule has 1 aromatic heterocycles. The van der Waals surface area contributed by atoms with Gasteiger partial charge in [-0.05, 0) is 37.5 Å². The number of nitrogens with zero attached hydrogens (tertiary/aromatic N) is 3. The van der Waals surface area contributed by atoms with E-state index in [9.17, 15) is 4.39 Å². The van der Waals surface area contributed by atoms with Gasteiger partial charge < -0.3 is 4.74 Å². The first kappa shape index (κ1) is 12.6. The molecule has 0 saturated carbocycles. The predicted octanol–water partition coefficient (Wildman–Crippen LogP) is 3.30. The monoisotopic (exact) mass is 281 g/mol. The summed E-state index contributed by atoms with van der Waals surface area (Å²) in [6, 6.07) is 4.49. The first-order valence-corrected chi connectivity index (χ1v) is 6.60. The third-order valence-corrected chi connectivity index (χ3v) is 3.48. The molecule has 3 rings (SSSR count). The van der Waals surface area contributed by atoms with E-state index in [1.807, 2.05) is 0 Å². The highest BCUT2D eigenvalue weighted by Gasteiger charge is 2.22. The minimum Gasteiger partial charge on any atom is -0.370 e. The molecule has 1 aliphatic rings. The van der Waals surface area contributed by atoms with Crippen LogP contribution < -0.4 is 0 Å². The highest BCUT2D eigenvalue weighted by molar-refractivity contribution is 6.30.